The van der Waals surface area contributed by atoms with Gasteiger partial charge in [0.05, 0.1) is 13.2 Å². The molecule has 1 atom stereocenters. The summed E-state index contributed by atoms with van der Waals surface area (Å²) in [4.78, 5) is 32.2. The molecule has 0 rings (SSSR count). The third-order valence-corrected chi connectivity index (χ3v) is 4.59. The van der Waals surface area contributed by atoms with Crippen LogP contribution in [0, 0.1) is 5.41 Å². The lowest BCUT2D eigenvalue weighted by molar-refractivity contribution is -0.170. The maximum atomic E-state index is 11.6. The number of rotatable bonds is 9. The normalized spacial score (nSPS) is 14.7. The van der Waals surface area contributed by atoms with E-state index in [0.717, 1.165) is 0 Å². The Labute approximate surface area is 123 Å². The first kappa shape index (κ1) is 19.5. The maximum absolute atomic E-state index is 11.6. The number of carbonyl (C=O) groups excluding carboxylic acids is 2. The molecule has 1 amide bonds. The van der Waals surface area contributed by atoms with Gasteiger partial charge in [0.25, 0.3) is 0 Å². The van der Waals surface area contributed by atoms with E-state index in [2.05, 4.69) is 4.52 Å². The fourth-order valence-corrected chi connectivity index (χ4v) is 2.24. The van der Waals surface area contributed by atoms with Crippen molar-refractivity contribution in [3.05, 3.63) is 0 Å². The molecule has 1 unspecified atom stereocenters. The van der Waals surface area contributed by atoms with Gasteiger partial charge in [0.15, 0.2) is 0 Å². The molecule has 0 aliphatic carbocycles. The summed E-state index contributed by atoms with van der Waals surface area (Å²) in [5.74, 6) is -0.472. The Balaban J connectivity index is 4.36. The molecule has 0 aromatic carbocycles. The molecule has 0 aliphatic heterocycles. The number of amides is 1. The quantitative estimate of drug-likeness (QED) is 0.290. The van der Waals surface area contributed by atoms with Crippen LogP contribution < -0.4 is 0 Å². The third kappa shape index (κ3) is 6.81. The molecule has 20 heavy (non-hydrogen) atoms. The highest BCUT2D eigenvalue weighted by atomic mass is 35.5. The monoisotopic (exact) mass is 329 g/mol. The molecule has 0 bridgehead atoms. The first-order valence-electron chi connectivity index (χ1n) is 6.11. The van der Waals surface area contributed by atoms with Crippen LogP contribution in [0.2, 0.25) is 0 Å². The van der Waals surface area contributed by atoms with Crippen molar-refractivity contribution in [3.8, 4) is 0 Å². The number of alkyl halides is 1. The zero-order valence-electron chi connectivity index (χ0n) is 11.8. The molecule has 0 aliphatic rings. The number of nitrogens with zero attached hydrogens (tertiary/aromatic N) is 1. The zero-order chi connectivity index (χ0) is 16.0. The molecule has 0 spiro atoms. The van der Waals surface area contributed by atoms with E-state index in [0.29, 0.717) is 5.06 Å². The van der Waals surface area contributed by atoms with E-state index in [1.165, 1.54) is 6.92 Å². The molecule has 2 N–H and O–H groups in total. The molecule has 0 aromatic heterocycles. The van der Waals surface area contributed by atoms with Gasteiger partial charge < -0.3 is 9.42 Å². The SMILES string of the molecule is CCOP(=O)(O)C(=O)CCC(=O)N(O)CC(C)(C)CCl. The van der Waals surface area contributed by atoms with Gasteiger partial charge in [-0.2, -0.15) is 0 Å². The first-order valence-corrected chi connectivity index (χ1v) is 8.23. The first-order chi connectivity index (χ1) is 9.05. The Morgan fingerprint density at radius 2 is 1.90 bits per heavy atom. The summed E-state index contributed by atoms with van der Waals surface area (Å²) in [6.45, 7) is 4.93. The Hall–Kier alpha value is -0.460. The maximum Gasteiger partial charge on any atom is 0.394 e. The number of carbonyl (C=O) groups is 2. The number of hydrogen-bond acceptors (Lipinski definition) is 5. The van der Waals surface area contributed by atoms with E-state index in [1.54, 1.807) is 13.8 Å². The van der Waals surface area contributed by atoms with Gasteiger partial charge in [0.1, 0.15) is 0 Å². The summed E-state index contributed by atoms with van der Waals surface area (Å²) >= 11 is 5.67. The highest BCUT2D eigenvalue weighted by Gasteiger charge is 2.31. The van der Waals surface area contributed by atoms with Crippen molar-refractivity contribution in [2.45, 2.75) is 33.6 Å². The van der Waals surface area contributed by atoms with Crippen molar-refractivity contribution in [3.63, 3.8) is 0 Å². The lowest BCUT2D eigenvalue weighted by Gasteiger charge is -2.26. The predicted octanol–water partition coefficient (Wildman–Crippen LogP) is 2.00. The van der Waals surface area contributed by atoms with Crippen molar-refractivity contribution < 1.29 is 28.8 Å². The minimum Gasteiger partial charge on any atom is -0.319 e. The van der Waals surface area contributed by atoms with Gasteiger partial charge >= 0.3 is 7.60 Å². The van der Waals surface area contributed by atoms with Crippen LogP contribution in [-0.4, -0.2) is 45.6 Å². The van der Waals surface area contributed by atoms with Gasteiger partial charge in [-0.05, 0) is 12.3 Å². The van der Waals surface area contributed by atoms with E-state index in [1.807, 2.05) is 0 Å². The minimum atomic E-state index is -4.33. The average molecular weight is 330 g/mol. The summed E-state index contributed by atoms with van der Waals surface area (Å²) in [5, 5.41) is 10.0. The standard InChI is InChI=1S/C11H21ClNO6P/c1-4-19-20(17,18)10(15)6-5-9(14)13(16)8-11(2,3)7-12/h16H,4-8H2,1-3H3,(H,17,18). The van der Waals surface area contributed by atoms with Crippen LogP contribution in [-0.2, 0) is 18.7 Å². The Kier molecular flexibility index (Phi) is 7.91. The summed E-state index contributed by atoms with van der Waals surface area (Å²) in [6, 6.07) is 0. The molecule has 9 heteroatoms. The summed E-state index contributed by atoms with van der Waals surface area (Å²) in [5.41, 5.74) is -1.52. The van der Waals surface area contributed by atoms with Gasteiger partial charge in [0, 0.05) is 18.7 Å². The average Bonchev–Trinajstić information content (AvgIpc) is 2.34. The van der Waals surface area contributed by atoms with Crippen LogP contribution in [0.4, 0.5) is 0 Å². The summed E-state index contributed by atoms with van der Waals surface area (Å²) in [7, 11) is -4.33. The molecule has 0 aromatic rings. The van der Waals surface area contributed by atoms with Crippen LogP contribution in [0.3, 0.4) is 0 Å². The van der Waals surface area contributed by atoms with Gasteiger partial charge in [-0.15, -0.1) is 11.6 Å². The zero-order valence-corrected chi connectivity index (χ0v) is 13.5. The highest BCUT2D eigenvalue weighted by Crippen LogP contribution is 2.44. The molecule has 118 valence electrons. The summed E-state index contributed by atoms with van der Waals surface area (Å²) in [6.07, 6.45) is -0.837. The second-order valence-corrected chi connectivity index (χ2v) is 7.15. The van der Waals surface area contributed by atoms with E-state index < -0.39 is 30.9 Å². The van der Waals surface area contributed by atoms with Crippen LogP contribution in [0.5, 0.6) is 0 Å². The highest BCUT2D eigenvalue weighted by molar-refractivity contribution is 7.70. The van der Waals surface area contributed by atoms with Crippen molar-refractivity contribution in [2.75, 3.05) is 19.0 Å². The molecule has 0 fully saturated rings. The number of hydrogen-bond donors (Lipinski definition) is 2. The number of halogens is 1. The second kappa shape index (κ2) is 8.10. The Bertz CT molecular complexity index is 400. The fraction of sp³-hybridized carbons (Fsp3) is 0.818. The molecule has 7 nitrogen and oxygen atoms in total. The van der Waals surface area contributed by atoms with Crippen molar-refractivity contribution in [2.24, 2.45) is 5.41 Å². The Morgan fingerprint density at radius 1 is 1.35 bits per heavy atom. The van der Waals surface area contributed by atoms with Crippen LogP contribution in [0.1, 0.15) is 33.6 Å². The molecule has 0 saturated carbocycles. The Morgan fingerprint density at radius 3 is 2.35 bits per heavy atom. The van der Waals surface area contributed by atoms with E-state index in [9.17, 15) is 24.3 Å². The molecular weight excluding hydrogens is 309 g/mol. The van der Waals surface area contributed by atoms with Gasteiger partial charge in [-0.1, -0.05) is 13.8 Å². The second-order valence-electron chi connectivity index (χ2n) is 5.08. The van der Waals surface area contributed by atoms with Crippen molar-refractivity contribution >= 4 is 30.6 Å². The van der Waals surface area contributed by atoms with Gasteiger partial charge in [-0.3, -0.25) is 19.4 Å². The van der Waals surface area contributed by atoms with E-state index in [-0.39, 0.29) is 25.5 Å². The van der Waals surface area contributed by atoms with Crippen LogP contribution in [0.15, 0.2) is 0 Å². The lowest BCUT2D eigenvalue weighted by atomic mass is 9.96. The molecule has 0 radical (unpaired) electrons. The van der Waals surface area contributed by atoms with Crippen molar-refractivity contribution in [1.29, 1.82) is 0 Å². The topological polar surface area (TPSA) is 104 Å². The molecule has 0 saturated heterocycles. The van der Waals surface area contributed by atoms with Gasteiger partial charge in [-0.25, -0.2) is 5.06 Å². The minimum absolute atomic E-state index is 0.00572. The smallest absolute Gasteiger partial charge is 0.319 e. The van der Waals surface area contributed by atoms with E-state index in [4.69, 9.17) is 11.6 Å². The largest absolute Gasteiger partial charge is 0.394 e. The van der Waals surface area contributed by atoms with Gasteiger partial charge in [0.2, 0.25) is 11.4 Å². The van der Waals surface area contributed by atoms with Crippen LogP contribution >= 0.6 is 19.2 Å². The third-order valence-electron chi connectivity index (χ3n) is 2.40. The molecular formula is C11H21ClNO6P. The van der Waals surface area contributed by atoms with E-state index >= 15 is 0 Å². The molecule has 0 heterocycles. The number of hydroxylamine groups is 2. The van der Waals surface area contributed by atoms with Crippen molar-refractivity contribution in [1.82, 2.24) is 5.06 Å². The van der Waals surface area contributed by atoms with Crippen LogP contribution in [0.25, 0.3) is 0 Å². The fourth-order valence-electron chi connectivity index (χ4n) is 1.27. The lowest BCUT2D eigenvalue weighted by Crippen LogP contribution is -2.37. The summed E-state index contributed by atoms with van der Waals surface area (Å²) < 4.78 is 15.8. The predicted molar refractivity (Wildman–Crippen MR) is 73.7 cm³/mol.